The van der Waals surface area contributed by atoms with E-state index < -0.39 is 0 Å². The van der Waals surface area contributed by atoms with Gasteiger partial charge in [-0.1, -0.05) is 44.7 Å². The molecule has 0 N–H and O–H groups in total. The van der Waals surface area contributed by atoms with Gasteiger partial charge in [-0.05, 0) is 74.2 Å². The van der Waals surface area contributed by atoms with Gasteiger partial charge in [-0.15, -0.1) is 0 Å². The van der Waals surface area contributed by atoms with E-state index in [1.165, 1.54) is 0 Å². The maximum atomic E-state index is 12.6. The van der Waals surface area contributed by atoms with Crippen LogP contribution in [0.3, 0.4) is 0 Å². The molecule has 0 heterocycles. The lowest BCUT2D eigenvalue weighted by Crippen LogP contribution is -2.31. The Balaban J connectivity index is 1.63. The van der Waals surface area contributed by atoms with Crippen molar-refractivity contribution in [2.24, 2.45) is 5.92 Å². The van der Waals surface area contributed by atoms with Crippen LogP contribution in [-0.4, -0.2) is 24.1 Å². The molecule has 2 aromatic carbocycles. The summed E-state index contributed by atoms with van der Waals surface area (Å²) in [6.07, 6.45) is 4.23. The van der Waals surface area contributed by atoms with Crippen LogP contribution < -0.4 is 0 Å². The van der Waals surface area contributed by atoms with Crippen molar-refractivity contribution in [2.45, 2.75) is 51.2 Å². The van der Waals surface area contributed by atoms with Crippen molar-refractivity contribution in [1.29, 1.82) is 0 Å². The van der Waals surface area contributed by atoms with Gasteiger partial charge in [0, 0.05) is 15.4 Å². The number of rotatable bonds is 7. The first-order valence-electron chi connectivity index (χ1n) is 9.85. The van der Waals surface area contributed by atoms with Crippen molar-refractivity contribution in [2.75, 3.05) is 0 Å². The molecule has 3 rings (SSSR count). The van der Waals surface area contributed by atoms with Crippen LogP contribution in [0, 0.1) is 5.92 Å². The Kier molecular flexibility index (Phi) is 7.90. The van der Waals surface area contributed by atoms with Gasteiger partial charge in [-0.25, -0.2) is 9.59 Å². The van der Waals surface area contributed by atoms with Crippen LogP contribution in [0.25, 0.3) is 0 Å². The number of esters is 2. The second-order valence-electron chi connectivity index (χ2n) is 7.45. The van der Waals surface area contributed by atoms with Gasteiger partial charge in [-0.3, -0.25) is 0 Å². The SMILES string of the molecule is C[C@H](C[C@H](OC(=O)c1ccc(Br)cc1)C1CCCC1)OC(=O)c1ccc(Br)cc1. The third-order valence-electron chi connectivity index (χ3n) is 5.22. The minimum atomic E-state index is -0.366. The van der Waals surface area contributed by atoms with Crippen LogP contribution in [0.5, 0.6) is 0 Å². The number of halogens is 2. The van der Waals surface area contributed by atoms with Crippen molar-refractivity contribution in [3.8, 4) is 0 Å². The number of benzene rings is 2. The normalized spacial score (nSPS) is 16.2. The molecule has 1 aliphatic carbocycles. The second kappa shape index (κ2) is 10.4. The van der Waals surface area contributed by atoms with Gasteiger partial charge in [0.1, 0.15) is 12.2 Å². The lowest BCUT2D eigenvalue weighted by Gasteiger charge is -2.26. The predicted molar refractivity (Wildman–Crippen MR) is 119 cm³/mol. The zero-order valence-corrected chi connectivity index (χ0v) is 19.4. The van der Waals surface area contributed by atoms with Gasteiger partial charge in [0.05, 0.1) is 11.1 Å². The van der Waals surface area contributed by atoms with E-state index in [9.17, 15) is 9.59 Å². The van der Waals surface area contributed by atoms with Crippen LogP contribution >= 0.6 is 31.9 Å². The van der Waals surface area contributed by atoms with E-state index >= 15 is 0 Å². The molecule has 0 spiro atoms. The third-order valence-corrected chi connectivity index (χ3v) is 6.27. The van der Waals surface area contributed by atoms with E-state index in [0.29, 0.717) is 23.5 Å². The lowest BCUT2D eigenvalue weighted by molar-refractivity contribution is -0.0115. The molecule has 154 valence electrons. The van der Waals surface area contributed by atoms with E-state index in [0.717, 1.165) is 34.6 Å². The molecule has 0 radical (unpaired) electrons. The topological polar surface area (TPSA) is 52.6 Å². The minimum Gasteiger partial charge on any atom is -0.459 e. The summed E-state index contributed by atoms with van der Waals surface area (Å²) < 4.78 is 13.3. The van der Waals surface area contributed by atoms with Crippen molar-refractivity contribution < 1.29 is 19.1 Å². The summed E-state index contributed by atoms with van der Waals surface area (Å²) >= 11 is 6.73. The molecular formula is C23H24Br2O4. The highest BCUT2D eigenvalue weighted by Crippen LogP contribution is 2.32. The molecule has 2 aromatic rings. The lowest BCUT2D eigenvalue weighted by atomic mass is 9.96. The quantitative estimate of drug-likeness (QED) is 0.385. The van der Waals surface area contributed by atoms with E-state index in [2.05, 4.69) is 31.9 Å². The predicted octanol–water partition coefficient (Wildman–Crippen LogP) is 6.56. The van der Waals surface area contributed by atoms with Gasteiger partial charge in [0.15, 0.2) is 0 Å². The molecule has 1 aliphatic rings. The molecule has 0 amide bonds. The first-order valence-corrected chi connectivity index (χ1v) is 11.4. The van der Waals surface area contributed by atoms with E-state index in [-0.39, 0.29) is 24.1 Å². The van der Waals surface area contributed by atoms with Crippen LogP contribution in [0.1, 0.15) is 59.7 Å². The van der Waals surface area contributed by atoms with E-state index in [1.54, 1.807) is 24.3 Å². The van der Waals surface area contributed by atoms with Gasteiger partial charge < -0.3 is 9.47 Å². The third kappa shape index (κ3) is 6.41. The van der Waals surface area contributed by atoms with E-state index in [1.807, 2.05) is 31.2 Å². The van der Waals surface area contributed by atoms with Gasteiger partial charge in [0.25, 0.3) is 0 Å². The van der Waals surface area contributed by atoms with Gasteiger partial charge >= 0.3 is 11.9 Å². The Morgan fingerprint density at radius 1 is 0.862 bits per heavy atom. The summed E-state index contributed by atoms with van der Waals surface area (Å²) in [6, 6.07) is 14.2. The maximum Gasteiger partial charge on any atom is 0.338 e. The molecular weight excluding hydrogens is 500 g/mol. The molecule has 1 saturated carbocycles. The highest BCUT2D eigenvalue weighted by atomic mass is 79.9. The average molecular weight is 524 g/mol. The Morgan fingerprint density at radius 3 is 1.79 bits per heavy atom. The molecule has 0 unspecified atom stereocenters. The van der Waals surface area contributed by atoms with Gasteiger partial charge in [-0.2, -0.15) is 0 Å². The summed E-state index contributed by atoms with van der Waals surface area (Å²) in [5, 5.41) is 0. The molecule has 0 saturated heterocycles. The van der Waals surface area contributed by atoms with Crippen molar-refractivity contribution in [3.05, 3.63) is 68.6 Å². The van der Waals surface area contributed by atoms with Crippen LogP contribution in [0.15, 0.2) is 57.5 Å². The smallest absolute Gasteiger partial charge is 0.338 e. The summed E-state index contributed by atoms with van der Waals surface area (Å²) in [4.78, 5) is 25.0. The Morgan fingerprint density at radius 2 is 1.31 bits per heavy atom. The molecule has 1 fully saturated rings. The molecule has 6 heteroatoms. The van der Waals surface area contributed by atoms with E-state index in [4.69, 9.17) is 9.47 Å². The molecule has 0 bridgehead atoms. The van der Waals surface area contributed by atoms with Gasteiger partial charge in [0.2, 0.25) is 0 Å². The fourth-order valence-corrected chi connectivity index (χ4v) is 4.20. The standard InChI is InChI=1S/C23H24Br2O4/c1-15(28-22(26)17-6-10-19(24)11-7-17)14-21(16-4-2-3-5-16)29-23(27)18-8-12-20(25)13-9-18/h6-13,15-16,21H,2-5,14H2,1H3/t15-,21+/m1/s1. The monoisotopic (exact) mass is 522 g/mol. The molecule has 2 atom stereocenters. The number of carbonyl (C=O) groups is 2. The van der Waals surface area contributed by atoms with Crippen molar-refractivity contribution in [3.63, 3.8) is 0 Å². The first kappa shape index (κ1) is 22.0. The van der Waals surface area contributed by atoms with Crippen molar-refractivity contribution in [1.82, 2.24) is 0 Å². The Bertz CT molecular complexity index is 827. The Hall–Kier alpha value is -1.66. The van der Waals surface area contributed by atoms with Crippen molar-refractivity contribution >= 4 is 43.8 Å². The zero-order valence-electron chi connectivity index (χ0n) is 16.3. The maximum absolute atomic E-state index is 12.6. The highest BCUT2D eigenvalue weighted by molar-refractivity contribution is 9.10. The fourth-order valence-electron chi connectivity index (χ4n) is 3.67. The molecule has 4 nitrogen and oxygen atoms in total. The van der Waals surface area contributed by atoms with Crippen LogP contribution in [0.2, 0.25) is 0 Å². The number of ether oxygens (including phenoxy) is 2. The van der Waals surface area contributed by atoms with Crippen LogP contribution in [-0.2, 0) is 9.47 Å². The molecule has 0 aromatic heterocycles. The molecule has 29 heavy (non-hydrogen) atoms. The minimum absolute atomic E-state index is 0.263. The summed E-state index contributed by atoms with van der Waals surface area (Å²) in [5.41, 5.74) is 1.03. The number of hydrogen-bond acceptors (Lipinski definition) is 4. The zero-order chi connectivity index (χ0) is 20.8. The Labute approximate surface area is 188 Å². The highest BCUT2D eigenvalue weighted by Gasteiger charge is 2.31. The summed E-state index contributed by atoms with van der Waals surface area (Å²) in [5.74, 6) is -0.390. The number of carbonyl (C=O) groups excluding carboxylic acids is 2. The molecule has 0 aliphatic heterocycles. The fraction of sp³-hybridized carbons (Fsp3) is 0.391. The average Bonchev–Trinajstić information content (AvgIpc) is 3.23. The first-order chi connectivity index (χ1) is 13.9. The summed E-state index contributed by atoms with van der Waals surface area (Å²) in [7, 11) is 0. The van der Waals surface area contributed by atoms with Crippen LogP contribution in [0.4, 0.5) is 0 Å². The number of hydrogen-bond donors (Lipinski definition) is 0. The second-order valence-corrected chi connectivity index (χ2v) is 9.29. The largest absolute Gasteiger partial charge is 0.459 e. The summed E-state index contributed by atoms with van der Waals surface area (Å²) in [6.45, 7) is 1.85.